The first kappa shape index (κ1) is 24.7. The number of likely N-dealkylation sites (tertiary alicyclic amines) is 1. The molecule has 0 aliphatic carbocycles. The molecule has 1 aromatic heterocycles. The molecule has 2 aromatic rings. The molecule has 0 spiro atoms. The van der Waals surface area contributed by atoms with Gasteiger partial charge in [-0.15, -0.1) is 35.3 Å². The SMILES string of the molecule is CN=C(NCc1nc(C)c(C)s1)NC1CCN(Cc2ccc(Cl)c(Cl)c2)CC1.I. The summed E-state index contributed by atoms with van der Waals surface area (Å²) >= 11 is 13.9. The average molecular weight is 568 g/mol. The van der Waals surface area contributed by atoms with Crippen LogP contribution in [-0.4, -0.2) is 42.0 Å². The number of halogens is 3. The van der Waals surface area contributed by atoms with Gasteiger partial charge in [-0.25, -0.2) is 4.98 Å². The fourth-order valence-electron chi connectivity index (χ4n) is 3.29. The van der Waals surface area contributed by atoms with E-state index in [9.17, 15) is 0 Å². The Labute approximate surface area is 204 Å². The summed E-state index contributed by atoms with van der Waals surface area (Å²) in [6, 6.07) is 6.30. The van der Waals surface area contributed by atoms with Crippen LogP contribution in [0.2, 0.25) is 10.0 Å². The van der Waals surface area contributed by atoms with Crippen LogP contribution >= 0.6 is 58.5 Å². The Balaban J connectivity index is 0.00000300. The molecule has 1 aliphatic heterocycles. The number of hydrogen-bond donors (Lipinski definition) is 2. The van der Waals surface area contributed by atoms with Crippen molar-refractivity contribution in [2.75, 3.05) is 20.1 Å². The third-order valence-corrected chi connectivity index (χ3v) is 6.83. The van der Waals surface area contributed by atoms with E-state index in [0.717, 1.165) is 49.1 Å². The van der Waals surface area contributed by atoms with Crippen LogP contribution in [-0.2, 0) is 13.1 Å². The summed E-state index contributed by atoms with van der Waals surface area (Å²) in [7, 11) is 1.81. The van der Waals surface area contributed by atoms with Gasteiger partial charge in [0, 0.05) is 37.6 Å². The average Bonchev–Trinajstić information content (AvgIpc) is 3.01. The summed E-state index contributed by atoms with van der Waals surface area (Å²) in [4.78, 5) is 12.7. The van der Waals surface area contributed by atoms with Crippen molar-refractivity contribution in [1.29, 1.82) is 0 Å². The molecule has 1 aromatic carbocycles. The lowest BCUT2D eigenvalue weighted by molar-refractivity contribution is 0.198. The van der Waals surface area contributed by atoms with Gasteiger partial charge in [0.2, 0.25) is 0 Å². The minimum absolute atomic E-state index is 0. The van der Waals surface area contributed by atoms with Crippen molar-refractivity contribution in [1.82, 2.24) is 20.5 Å². The highest BCUT2D eigenvalue weighted by atomic mass is 127. The second-order valence-corrected chi connectivity index (χ2v) is 9.22. The maximum absolute atomic E-state index is 6.13. The standard InChI is InChI=1S/C20H27Cl2N5S.HI/c1-13-14(2)28-19(25-13)11-24-20(23-3)26-16-6-8-27(9-7-16)12-15-4-5-17(21)18(22)10-15;/h4-5,10,16H,6-9,11-12H2,1-3H3,(H2,23,24,26);1H. The number of aliphatic imine (C=N–C) groups is 1. The molecule has 0 radical (unpaired) electrons. The van der Waals surface area contributed by atoms with E-state index >= 15 is 0 Å². The van der Waals surface area contributed by atoms with Crippen LogP contribution < -0.4 is 10.6 Å². The summed E-state index contributed by atoms with van der Waals surface area (Å²) in [5.74, 6) is 0.841. The van der Waals surface area contributed by atoms with Gasteiger partial charge in [0.05, 0.1) is 22.3 Å². The number of guanidine groups is 1. The number of thiazole rings is 1. The zero-order valence-electron chi connectivity index (χ0n) is 17.0. The Morgan fingerprint density at radius 2 is 1.97 bits per heavy atom. The number of nitrogens with zero attached hydrogens (tertiary/aromatic N) is 3. The minimum atomic E-state index is 0. The molecular weight excluding hydrogens is 540 g/mol. The highest BCUT2D eigenvalue weighted by Gasteiger charge is 2.20. The number of rotatable bonds is 5. The third kappa shape index (κ3) is 7.24. The summed E-state index contributed by atoms with van der Waals surface area (Å²) in [5, 5.41) is 9.25. The van der Waals surface area contributed by atoms with Crippen LogP contribution in [0.3, 0.4) is 0 Å². The molecule has 3 rings (SSSR count). The quantitative estimate of drug-likeness (QED) is 0.303. The first-order valence-electron chi connectivity index (χ1n) is 9.51. The lowest BCUT2D eigenvalue weighted by Crippen LogP contribution is -2.48. The maximum atomic E-state index is 6.13. The Bertz CT molecular complexity index is 815. The van der Waals surface area contributed by atoms with Crippen molar-refractivity contribution in [3.63, 3.8) is 0 Å². The molecule has 29 heavy (non-hydrogen) atoms. The van der Waals surface area contributed by atoms with Gasteiger partial charge in [-0.1, -0.05) is 29.3 Å². The maximum Gasteiger partial charge on any atom is 0.191 e. The van der Waals surface area contributed by atoms with Gasteiger partial charge >= 0.3 is 0 Å². The van der Waals surface area contributed by atoms with Crippen molar-refractivity contribution >= 4 is 64.5 Å². The second-order valence-electron chi connectivity index (χ2n) is 7.12. The Morgan fingerprint density at radius 1 is 1.24 bits per heavy atom. The van der Waals surface area contributed by atoms with Crippen molar-refractivity contribution < 1.29 is 0 Å². The molecule has 2 heterocycles. The first-order chi connectivity index (χ1) is 13.4. The molecule has 1 aliphatic rings. The Kier molecular flexibility index (Phi) is 9.94. The predicted molar refractivity (Wildman–Crippen MR) is 135 cm³/mol. The van der Waals surface area contributed by atoms with Crippen LogP contribution in [0.5, 0.6) is 0 Å². The summed E-state index contributed by atoms with van der Waals surface area (Å²) in [6.07, 6.45) is 2.16. The fraction of sp³-hybridized carbons (Fsp3) is 0.500. The Hall–Kier alpha value is -0.610. The third-order valence-electron chi connectivity index (χ3n) is 5.02. The Morgan fingerprint density at radius 3 is 2.55 bits per heavy atom. The molecule has 0 bridgehead atoms. The van der Waals surface area contributed by atoms with E-state index in [2.05, 4.69) is 32.4 Å². The van der Waals surface area contributed by atoms with Gasteiger partial charge in [-0.2, -0.15) is 0 Å². The van der Waals surface area contributed by atoms with Crippen LogP contribution in [0.15, 0.2) is 23.2 Å². The summed E-state index contributed by atoms with van der Waals surface area (Å²) in [5.41, 5.74) is 2.31. The topological polar surface area (TPSA) is 52.6 Å². The molecular formula is C20H28Cl2IN5S. The number of hydrogen-bond acceptors (Lipinski definition) is 4. The van der Waals surface area contributed by atoms with E-state index in [-0.39, 0.29) is 24.0 Å². The summed E-state index contributed by atoms with van der Waals surface area (Å²) in [6.45, 7) is 7.84. The molecule has 0 amide bonds. The highest BCUT2D eigenvalue weighted by Crippen LogP contribution is 2.24. The van der Waals surface area contributed by atoms with E-state index in [1.165, 1.54) is 10.4 Å². The number of piperidine rings is 1. The molecule has 0 unspecified atom stereocenters. The fourth-order valence-corrected chi connectivity index (χ4v) is 4.49. The van der Waals surface area contributed by atoms with E-state index < -0.39 is 0 Å². The monoisotopic (exact) mass is 567 g/mol. The predicted octanol–water partition coefficient (Wildman–Crippen LogP) is 5.01. The van der Waals surface area contributed by atoms with Gasteiger partial charge in [-0.3, -0.25) is 9.89 Å². The van der Waals surface area contributed by atoms with Crippen molar-refractivity contribution in [2.24, 2.45) is 4.99 Å². The van der Waals surface area contributed by atoms with E-state index in [1.54, 1.807) is 11.3 Å². The molecule has 0 saturated carbocycles. The molecule has 160 valence electrons. The van der Waals surface area contributed by atoms with Crippen molar-refractivity contribution in [2.45, 2.75) is 45.8 Å². The second kappa shape index (κ2) is 11.7. The van der Waals surface area contributed by atoms with Crippen LogP contribution in [0.4, 0.5) is 0 Å². The minimum Gasteiger partial charge on any atom is -0.354 e. The lowest BCUT2D eigenvalue weighted by atomic mass is 10.0. The van der Waals surface area contributed by atoms with E-state index in [0.29, 0.717) is 22.6 Å². The van der Waals surface area contributed by atoms with Crippen LogP contribution in [0.1, 0.15) is 34.0 Å². The largest absolute Gasteiger partial charge is 0.354 e. The van der Waals surface area contributed by atoms with Gasteiger partial charge < -0.3 is 10.6 Å². The lowest BCUT2D eigenvalue weighted by Gasteiger charge is -2.33. The number of benzene rings is 1. The van der Waals surface area contributed by atoms with Crippen LogP contribution in [0, 0.1) is 13.8 Å². The molecule has 1 fully saturated rings. The summed E-state index contributed by atoms with van der Waals surface area (Å²) < 4.78 is 0. The zero-order valence-corrected chi connectivity index (χ0v) is 21.6. The van der Waals surface area contributed by atoms with E-state index in [4.69, 9.17) is 23.2 Å². The molecule has 9 heteroatoms. The molecule has 1 saturated heterocycles. The highest BCUT2D eigenvalue weighted by molar-refractivity contribution is 14.0. The zero-order chi connectivity index (χ0) is 20.1. The number of aromatic nitrogens is 1. The molecule has 5 nitrogen and oxygen atoms in total. The molecule has 2 N–H and O–H groups in total. The number of nitrogens with one attached hydrogen (secondary N) is 2. The van der Waals surface area contributed by atoms with Gasteiger partial charge in [0.15, 0.2) is 5.96 Å². The van der Waals surface area contributed by atoms with Gasteiger partial charge in [-0.05, 0) is 44.4 Å². The van der Waals surface area contributed by atoms with E-state index in [1.807, 2.05) is 32.2 Å². The molecule has 0 atom stereocenters. The van der Waals surface area contributed by atoms with Crippen molar-refractivity contribution in [3.8, 4) is 0 Å². The smallest absolute Gasteiger partial charge is 0.191 e. The normalized spacial score (nSPS) is 15.8. The van der Waals surface area contributed by atoms with Gasteiger partial charge in [0.1, 0.15) is 5.01 Å². The number of aryl methyl sites for hydroxylation is 2. The first-order valence-corrected chi connectivity index (χ1v) is 11.1. The van der Waals surface area contributed by atoms with Crippen LogP contribution in [0.25, 0.3) is 0 Å². The van der Waals surface area contributed by atoms with Gasteiger partial charge in [0.25, 0.3) is 0 Å². The van der Waals surface area contributed by atoms with Crippen molar-refractivity contribution in [3.05, 3.63) is 49.4 Å².